The lowest BCUT2D eigenvalue weighted by atomic mass is 10.0. The molecule has 0 spiro atoms. The highest BCUT2D eigenvalue weighted by Gasteiger charge is 2.28. The number of halogens is 2. The van der Waals surface area contributed by atoms with Gasteiger partial charge in [-0.1, -0.05) is 0 Å². The zero-order valence-corrected chi connectivity index (χ0v) is 28.7. The molecule has 2 aromatic heterocycles. The average Bonchev–Trinajstić information content (AvgIpc) is 3.69. The van der Waals surface area contributed by atoms with Crippen LogP contribution in [0.15, 0.2) is 29.2 Å². The number of fused-ring (bicyclic) bond motifs is 1. The van der Waals surface area contributed by atoms with E-state index in [9.17, 15) is 18.0 Å². The smallest absolute Gasteiger partial charge is 0.407 e. The molecule has 3 aromatic rings. The molecule has 3 heterocycles. The summed E-state index contributed by atoms with van der Waals surface area (Å²) in [5.74, 6) is -1.41. The van der Waals surface area contributed by atoms with E-state index in [-0.39, 0.29) is 63.8 Å². The van der Waals surface area contributed by atoms with Gasteiger partial charge >= 0.3 is 16.3 Å². The second-order valence-electron chi connectivity index (χ2n) is 13.0. The lowest BCUT2D eigenvalue weighted by molar-refractivity contribution is 0.0383. The molecule has 0 unspecified atom stereocenters. The van der Waals surface area contributed by atoms with Gasteiger partial charge in [0.25, 0.3) is 5.56 Å². The molecule has 2 fully saturated rings. The number of alkyl carbamates (subject to hydrolysis) is 1. The normalized spacial score (nSPS) is 15.4. The number of ether oxygens (including phenoxy) is 3. The summed E-state index contributed by atoms with van der Waals surface area (Å²) >= 11 is 0. The third-order valence-corrected chi connectivity index (χ3v) is 9.35. The van der Waals surface area contributed by atoms with Crippen molar-refractivity contribution in [1.82, 2.24) is 24.2 Å². The van der Waals surface area contributed by atoms with Crippen molar-refractivity contribution >= 4 is 39.0 Å². The van der Waals surface area contributed by atoms with Crippen molar-refractivity contribution in [2.24, 2.45) is 5.92 Å². The van der Waals surface area contributed by atoms with E-state index in [4.69, 9.17) is 14.2 Å². The molecule has 0 bridgehead atoms. The minimum atomic E-state index is -4.09. The molecule has 0 atom stereocenters. The van der Waals surface area contributed by atoms with Gasteiger partial charge in [0.05, 0.1) is 49.8 Å². The number of hydrogen-bond donors (Lipinski definition) is 3. The van der Waals surface area contributed by atoms with Crippen LogP contribution in [-0.4, -0.2) is 91.6 Å². The highest BCUT2D eigenvalue weighted by Crippen LogP contribution is 2.32. The fourth-order valence-electron chi connectivity index (χ4n) is 5.22. The molecule has 1 saturated carbocycles. The van der Waals surface area contributed by atoms with E-state index in [1.807, 2.05) is 0 Å². The van der Waals surface area contributed by atoms with Crippen molar-refractivity contribution in [2.45, 2.75) is 58.6 Å². The van der Waals surface area contributed by atoms with Gasteiger partial charge in [0.1, 0.15) is 17.1 Å². The highest BCUT2D eigenvalue weighted by molar-refractivity contribution is 7.90. The zero-order valence-electron chi connectivity index (χ0n) is 27.9. The van der Waals surface area contributed by atoms with Crippen molar-refractivity contribution in [1.29, 1.82) is 0 Å². The van der Waals surface area contributed by atoms with Crippen LogP contribution >= 0.6 is 0 Å². The monoisotopic (exact) mass is 707 g/mol. The van der Waals surface area contributed by atoms with Crippen LogP contribution in [0.4, 0.5) is 25.2 Å². The van der Waals surface area contributed by atoms with E-state index < -0.39 is 50.3 Å². The van der Waals surface area contributed by atoms with Crippen LogP contribution in [-0.2, 0) is 31.0 Å². The summed E-state index contributed by atoms with van der Waals surface area (Å²) in [5, 5.41) is 6.11. The predicted octanol–water partition coefficient (Wildman–Crippen LogP) is 3.87. The second kappa shape index (κ2) is 15.7. The number of rotatable bonds is 16. The molecule has 1 amide bonds. The minimum absolute atomic E-state index is 0.0209. The summed E-state index contributed by atoms with van der Waals surface area (Å²) in [5.41, 5.74) is -2.59. The fraction of sp³-hybridized carbons (Fsp3) is 0.562. The van der Waals surface area contributed by atoms with Crippen LogP contribution in [0.25, 0.3) is 22.2 Å². The first-order chi connectivity index (χ1) is 23.3. The number of hydrogen-bond acceptors (Lipinski definition) is 10. The van der Waals surface area contributed by atoms with Crippen LogP contribution in [0.5, 0.6) is 0 Å². The summed E-state index contributed by atoms with van der Waals surface area (Å²) in [6.07, 6.45) is 4.50. The standard InChI is InChI=1S/C32H43F2N7O7S/c1-32(2,3)48-31(43)35-10-14-46-16-17-47-15-13-41-28-22(20-37-30(38-28)36-19-21-6-7-21)18-23(29(41)42)26-24(33)8-9-25(27(26)34)39-49(44,45)40-11-4-5-12-40/h8-9,18,20-21,39H,4-7,10-17,19H2,1-3H3,(H,35,43)(H,36,37,38). The first-order valence-corrected chi connectivity index (χ1v) is 17.8. The third kappa shape index (κ3) is 9.83. The number of aromatic nitrogens is 3. The first-order valence-electron chi connectivity index (χ1n) is 16.4. The predicted molar refractivity (Wildman–Crippen MR) is 180 cm³/mol. The SMILES string of the molecule is CC(C)(C)OC(=O)NCCOCCOCCn1c(=O)c(-c2c(F)ccc(NS(=O)(=O)N3CCCC3)c2F)cc2cnc(NCC3CC3)nc21. The van der Waals surface area contributed by atoms with Crippen molar-refractivity contribution < 1.29 is 36.2 Å². The molecule has 49 heavy (non-hydrogen) atoms. The number of benzene rings is 1. The van der Waals surface area contributed by atoms with Gasteiger partial charge in [0.15, 0.2) is 5.82 Å². The Morgan fingerprint density at radius 3 is 2.47 bits per heavy atom. The van der Waals surface area contributed by atoms with Crippen LogP contribution in [0.2, 0.25) is 0 Å². The maximum absolute atomic E-state index is 15.9. The fourth-order valence-corrected chi connectivity index (χ4v) is 6.52. The first kappa shape index (κ1) is 36.4. The Kier molecular flexibility index (Phi) is 11.7. The number of carbonyl (C=O) groups excluding carboxylic acids is 1. The molecule has 268 valence electrons. The molecule has 1 aliphatic carbocycles. The minimum Gasteiger partial charge on any atom is -0.444 e. The number of carbonyl (C=O) groups is 1. The molecular formula is C32H43F2N7O7S. The maximum atomic E-state index is 15.9. The van der Waals surface area contributed by atoms with Gasteiger partial charge in [0, 0.05) is 37.8 Å². The topological polar surface area (TPSA) is 166 Å². The quantitative estimate of drug-likeness (QED) is 0.186. The average molecular weight is 708 g/mol. The van der Waals surface area contributed by atoms with Crippen LogP contribution < -0.4 is 20.9 Å². The van der Waals surface area contributed by atoms with Crippen molar-refractivity contribution in [2.75, 3.05) is 62.6 Å². The largest absolute Gasteiger partial charge is 0.444 e. The van der Waals surface area contributed by atoms with Crippen molar-refractivity contribution in [3.63, 3.8) is 0 Å². The van der Waals surface area contributed by atoms with Crippen molar-refractivity contribution in [3.8, 4) is 11.1 Å². The summed E-state index contributed by atoms with van der Waals surface area (Å²) in [4.78, 5) is 34.5. The van der Waals surface area contributed by atoms with E-state index in [1.165, 1.54) is 21.1 Å². The number of amides is 1. The van der Waals surface area contributed by atoms with Crippen molar-refractivity contribution in [3.05, 3.63) is 46.4 Å². The van der Waals surface area contributed by atoms with Gasteiger partial charge in [-0.25, -0.2) is 18.6 Å². The number of nitrogens with zero attached hydrogens (tertiary/aromatic N) is 4. The molecule has 2 aliphatic rings. The number of nitrogens with one attached hydrogen (secondary N) is 3. The van der Waals surface area contributed by atoms with E-state index in [0.29, 0.717) is 36.6 Å². The van der Waals surface area contributed by atoms with Gasteiger partial charge in [-0.3, -0.25) is 14.1 Å². The summed E-state index contributed by atoms with van der Waals surface area (Å²) in [6, 6.07) is 3.21. The summed E-state index contributed by atoms with van der Waals surface area (Å²) in [7, 11) is -4.09. The Morgan fingerprint density at radius 2 is 1.78 bits per heavy atom. The molecule has 17 heteroatoms. The van der Waals surface area contributed by atoms with Crippen LogP contribution in [0, 0.1) is 17.6 Å². The number of anilines is 2. The molecule has 5 rings (SSSR count). The summed E-state index contributed by atoms with van der Waals surface area (Å²) < 4.78 is 78.0. The van der Waals surface area contributed by atoms with Gasteiger partial charge in [-0.15, -0.1) is 0 Å². The number of pyridine rings is 1. The summed E-state index contributed by atoms with van der Waals surface area (Å²) in [6.45, 7) is 7.43. The second-order valence-corrected chi connectivity index (χ2v) is 14.6. The van der Waals surface area contributed by atoms with Gasteiger partial charge in [-0.2, -0.15) is 17.7 Å². The van der Waals surface area contributed by atoms with E-state index in [1.54, 1.807) is 20.8 Å². The lowest BCUT2D eigenvalue weighted by Crippen LogP contribution is -2.34. The Morgan fingerprint density at radius 1 is 1.06 bits per heavy atom. The Labute approximate surface area is 283 Å². The van der Waals surface area contributed by atoms with Crippen LogP contribution in [0.1, 0.15) is 46.5 Å². The van der Waals surface area contributed by atoms with E-state index in [0.717, 1.165) is 25.0 Å². The van der Waals surface area contributed by atoms with E-state index in [2.05, 4.69) is 25.3 Å². The Balaban J connectivity index is 1.32. The van der Waals surface area contributed by atoms with Gasteiger partial charge < -0.3 is 24.8 Å². The molecule has 1 aromatic carbocycles. The molecule has 1 aliphatic heterocycles. The Bertz CT molecular complexity index is 1810. The Hall–Kier alpha value is -3.93. The molecule has 3 N–H and O–H groups in total. The highest BCUT2D eigenvalue weighted by atomic mass is 32.2. The van der Waals surface area contributed by atoms with Gasteiger partial charge in [-0.05, 0) is 70.6 Å². The molecule has 14 nitrogen and oxygen atoms in total. The third-order valence-electron chi connectivity index (χ3n) is 7.82. The van der Waals surface area contributed by atoms with Crippen LogP contribution in [0.3, 0.4) is 0 Å². The molecule has 0 radical (unpaired) electrons. The van der Waals surface area contributed by atoms with Gasteiger partial charge in [0.2, 0.25) is 5.95 Å². The maximum Gasteiger partial charge on any atom is 0.407 e. The zero-order chi connectivity index (χ0) is 35.2. The molecular weight excluding hydrogens is 664 g/mol. The molecule has 1 saturated heterocycles. The lowest BCUT2D eigenvalue weighted by Gasteiger charge is -2.19. The van der Waals surface area contributed by atoms with E-state index >= 15 is 8.78 Å².